The molecule has 0 spiro atoms. The molecule has 19 heavy (non-hydrogen) atoms. The molecule has 0 aliphatic rings. The van der Waals surface area contributed by atoms with Crippen molar-refractivity contribution in [3.8, 4) is 11.3 Å². The van der Waals surface area contributed by atoms with Gasteiger partial charge in [0.2, 0.25) is 0 Å². The van der Waals surface area contributed by atoms with Gasteiger partial charge in [-0.15, -0.1) is 0 Å². The fourth-order valence-corrected chi connectivity index (χ4v) is 2.41. The molecule has 0 unspecified atom stereocenters. The molecule has 0 radical (unpaired) electrons. The zero-order valence-corrected chi connectivity index (χ0v) is 12.0. The molecule has 0 amide bonds. The number of aldehydes is 1. The van der Waals surface area contributed by atoms with E-state index in [2.05, 4.69) is 24.0 Å². The van der Waals surface area contributed by atoms with E-state index >= 15 is 0 Å². The van der Waals surface area contributed by atoms with Gasteiger partial charge in [0.25, 0.3) is 0 Å². The Kier molecular flexibility index (Phi) is 3.83. The van der Waals surface area contributed by atoms with Gasteiger partial charge in [-0.3, -0.25) is 14.2 Å². The number of carbonyl (C=O) groups is 1. The molecule has 0 saturated heterocycles. The maximum absolute atomic E-state index is 11.2. The number of rotatable bonds is 5. The minimum absolute atomic E-state index is 0.635. The van der Waals surface area contributed by atoms with Crippen molar-refractivity contribution in [2.75, 3.05) is 0 Å². The topological polar surface area (TPSA) is 52.7 Å². The third kappa shape index (κ3) is 2.32. The highest BCUT2D eigenvalue weighted by Crippen LogP contribution is 2.28. The molecule has 0 fully saturated rings. The second-order valence-electron chi connectivity index (χ2n) is 4.68. The van der Waals surface area contributed by atoms with Gasteiger partial charge in [0, 0.05) is 30.5 Å². The lowest BCUT2D eigenvalue weighted by Crippen LogP contribution is -1.99. The highest BCUT2D eigenvalue weighted by molar-refractivity contribution is 5.86. The molecular weight excluding hydrogens is 240 g/mol. The fraction of sp³-hybridized carbons (Fsp3) is 0.500. The number of carbonyl (C=O) groups excluding carboxylic acids is 1. The van der Waals surface area contributed by atoms with Crippen LogP contribution in [0.15, 0.2) is 6.20 Å². The summed E-state index contributed by atoms with van der Waals surface area (Å²) >= 11 is 0. The van der Waals surface area contributed by atoms with Crippen molar-refractivity contribution >= 4 is 6.29 Å². The maximum atomic E-state index is 11.2. The minimum atomic E-state index is 0.635. The summed E-state index contributed by atoms with van der Waals surface area (Å²) in [6.45, 7) is 9.76. The Hall–Kier alpha value is -1.91. The van der Waals surface area contributed by atoms with E-state index in [-0.39, 0.29) is 0 Å². The van der Waals surface area contributed by atoms with Gasteiger partial charge < -0.3 is 0 Å². The van der Waals surface area contributed by atoms with Crippen molar-refractivity contribution in [2.24, 2.45) is 0 Å². The van der Waals surface area contributed by atoms with Crippen molar-refractivity contribution < 1.29 is 4.79 Å². The first-order valence-corrected chi connectivity index (χ1v) is 6.69. The quantitative estimate of drug-likeness (QED) is 0.776. The summed E-state index contributed by atoms with van der Waals surface area (Å²) in [6.07, 6.45) is 3.68. The summed E-state index contributed by atoms with van der Waals surface area (Å²) < 4.78 is 3.78. The van der Waals surface area contributed by atoms with Gasteiger partial charge in [0.1, 0.15) is 5.69 Å². The average Bonchev–Trinajstić information content (AvgIpc) is 2.90. The SMILES string of the molecule is CCCn1cc(C=O)c(-c2c(C)nn(CC)c2C)n1. The molecule has 2 aromatic rings. The second-order valence-corrected chi connectivity index (χ2v) is 4.68. The van der Waals surface area contributed by atoms with Crippen LogP contribution in [0.3, 0.4) is 0 Å². The van der Waals surface area contributed by atoms with E-state index in [1.807, 2.05) is 29.4 Å². The molecule has 2 aromatic heterocycles. The molecule has 5 nitrogen and oxygen atoms in total. The molecule has 0 atom stereocenters. The Morgan fingerprint density at radius 2 is 2.00 bits per heavy atom. The van der Waals surface area contributed by atoms with Gasteiger partial charge in [-0.1, -0.05) is 6.92 Å². The normalized spacial score (nSPS) is 10.9. The second kappa shape index (κ2) is 5.38. The molecule has 5 heteroatoms. The van der Waals surface area contributed by atoms with Gasteiger partial charge in [-0.2, -0.15) is 10.2 Å². The molecule has 0 bridgehead atoms. The van der Waals surface area contributed by atoms with Crippen LogP contribution in [0, 0.1) is 13.8 Å². The van der Waals surface area contributed by atoms with E-state index in [1.165, 1.54) is 0 Å². The van der Waals surface area contributed by atoms with E-state index in [9.17, 15) is 4.79 Å². The van der Waals surface area contributed by atoms with Crippen LogP contribution < -0.4 is 0 Å². The molecule has 0 saturated carbocycles. The Labute approximate surface area is 113 Å². The number of hydrogen-bond donors (Lipinski definition) is 0. The van der Waals surface area contributed by atoms with Crippen molar-refractivity contribution in [2.45, 2.75) is 47.2 Å². The molecule has 0 aliphatic heterocycles. The largest absolute Gasteiger partial charge is 0.298 e. The van der Waals surface area contributed by atoms with Gasteiger partial charge in [0.15, 0.2) is 6.29 Å². The van der Waals surface area contributed by atoms with Gasteiger partial charge >= 0.3 is 0 Å². The third-order valence-electron chi connectivity index (χ3n) is 3.29. The zero-order valence-electron chi connectivity index (χ0n) is 12.0. The number of hydrogen-bond acceptors (Lipinski definition) is 3. The zero-order chi connectivity index (χ0) is 14.0. The Balaban J connectivity index is 2.57. The van der Waals surface area contributed by atoms with Gasteiger partial charge in [-0.05, 0) is 27.2 Å². The van der Waals surface area contributed by atoms with Crippen LogP contribution in [-0.4, -0.2) is 25.8 Å². The van der Waals surface area contributed by atoms with Crippen LogP contribution in [0.1, 0.15) is 42.0 Å². The predicted molar refractivity (Wildman–Crippen MR) is 74.3 cm³/mol. The fourth-order valence-electron chi connectivity index (χ4n) is 2.41. The smallest absolute Gasteiger partial charge is 0.153 e. The lowest BCUT2D eigenvalue weighted by Gasteiger charge is -2.01. The number of nitrogens with zero attached hydrogens (tertiary/aromatic N) is 4. The highest BCUT2D eigenvalue weighted by atomic mass is 16.1. The Morgan fingerprint density at radius 3 is 2.53 bits per heavy atom. The van der Waals surface area contributed by atoms with Crippen LogP contribution in [0.2, 0.25) is 0 Å². The van der Waals surface area contributed by atoms with Crippen LogP contribution in [0.5, 0.6) is 0 Å². The number of aromatic nitrogens is 4. The highest BCUT2D eigenvalue weighted by Gasteiger charge is 2.19. The molecule has 0 N–H and O–H groups in total. The predicted octanol–water partition coefficient (Wildman–Crippen LogP) is 2.61. The molecule has 0 aromatic carbocycles. The summed E-state index contributed by atoms with van der Waals surface area (Å²) in [6, 6.07) is 0. The van der Waals surface area contributed by atoms with E-state index in [0.29, 0.717) is 5.56 Å². The maximum Gasteiger partial charge on any atom is 0.153 e. The summed E-state index contributed by atoms with van der Waals surface area (Å²) in [4.78, 5) is 11.2. The molecule has 102 valence electrons. The van der Waals surface area contributed by atoms with Gasteiger partial charge in [0.05, 0.1) is 11.3 Å². The first-order valence-electron chi connectivity index (χ1n) is 6.69. The first kappa shape index (κ1) is 13.5. The van der Waals surface area contributed by atoms with Gasteiger partial charge in [-0.25, -0.2) is 0 Å². The summed E-state index contributed by atoms with van der Waals surface area (Å²) in [7, 11) is 0. The lowest BCUT2D eigenvalue weighted by molar-refractivity contribution is 0.112. The van der Waals surface area contributed by atoms with Crippen LogP contribution in [0.25, 0.3) is 11.3 Å². The molecule has 2 heterocycles. The lowest BCUT2D eigenvalue weighted by atomic mass is 10.1. The van der Waals surface area contributed by atoms with Crippen LogP contribution in [-0.2, 0) is 13.1 Å². The van der Waals surface area contributed by atoms with Crippen molar-refractivity contribution in [3.63, 3.8) is 0 Å². The first-order chi connectivity index (χ1) is 9.12. The average molecular weight is 260 g/mol. The van der Waals surface area contributed by atoms with Crippen LogP contribution >= 0.6 is 0 Å². The van der Waals surface area contributed by atoms with Crippen molar-refractivity contribution in [1.82, 2.24) is 19.6 Å². The number of aryl methyl sites for hydroxylation is 3. The van der Waals surface area contributed by atoms with E-state index in [1.54, 1.807) is 0 Å². The Morgan fingerprint density at radius 1 is 1.26 bits per heavy atom. The summed E-state index contributed by atoms with van der Waals surface area (Å²) in [5, 5.41) is 9.03. The summed E-state index contributed by atoms with van der Waals surface area (Å²) in [5.41, 5.74) is 4.35. The van der Waals surface area contributed by atoms with E-state index < -0.39 is 0 Å². The molecule has 0 aliphatic carbocycles. The van der Waals surface area contributed by atoms with E-state index in [4.69, 9.17) is 0 Å². The van der Waals surface area contributed by atoms with E-state index in [0.717, 1.165) is 48.4 Å². The third-order valence-corrected chi connectivity index (χ3v) is 3.29. The standard InChI is InChI=1S/C14H20N4O/c1-5-7-17-8-12(9-19)14(16-17)13-10(3)15-18(6-2)11(13)4/h8-9H,5-7H2,1-4H3. The monoisotopic (exact) mass is 260 g/mol. The summed E-state index contributed by atoms with van der Waals surface area (Å²) in [5.74, 6) is 0. The van der Waals surface area contributed by atoms with Crippen LogP contribution in [0.4, 0.5) is 0 Å². The molecular formula is C14H20N4O. The molecule has 2 rings (SSSR count). The van der Waals surface area contributed by atoms with Crippen molar-refractivity contribution in [3.05, 3.63) is 23.1 Å². The Bertz CT molecular complexity index is 595. The minimum Gasteiger partial charge on any atom is -0.298 e. The van der Waals surface area contributed by atoms with Crippen molar-refractivity contribution in [1.29, 1.82) is 0 Å².